The van der Waals surface area contributed by atoms with Gasteiger partial charge in [-0.25, -0.2) is 4.79 Å². The Morgan fingerprint density at radius 2 is 1.85 bits per heavy atom. The Morgan fingerprint density at radius 1 is 1.11 bits per heavy atom. The molecule has 0 aliphatic carbocycles. The van der Waals surface area contributed by atoms with Crippen molar-refractivity contribution in [1.29, 1.82) is 0 Å². The first kappa shape index (κ1) is 19.0. The molecule has 1 heterocycles. The molecule has 27 heavy (non-hydrogen) atoms. The van der Waals surface area contributed by atoms with Gasteiger partial charge in [0.2, 0.25) is 0 Å². The lowest BCUT2D eigenvalue weighted by Crippen LogP contribution is -2.36. The van der Waals surface area contributed by atoms with Gasteiger partial charge in [0.05, 0.1) is 17.8 Å². The van der Waals surface area contributed by atoms with Crippen LogP contribution in [0.1, 0.15) is 18.9 Å². The summed E-state index contributed by atoms with van der Waals surface area (Å²) in [6.07, 6.45) is 3.81. The number of hydrogen-bond acceptors (Lipinski definition) is 2. The average molecular weight is 365 g/mol. The second-order valence-electron chi connectivity index (χ2n) is 6.77. The minimum absolute atomic E-state index is 0.0899. The van der Waals surface area contributed by atoms with Crippen molar-refractivity contribution in [2.24, 2.45) is 0 Å². The number of anilines is 1. The van der Waals surface area contributed by atoms with E-state index in [-0.39, 0.29) is 12.1 Å². The third-order valence-electron chi connectivity index (χ3n) is 4.66. The Hall–Kier alpha value is -2.79. The minimum atomic E-state index is -0.176. The number of fused-ring (bicyclic) bond motifs is 1. The van der Waals surface area contributed by atoms with E-state index in [2.05, 4.69) is 33.4 Å². The molecule has 5 nitrogen and oxygen atoms in total. The maximum Gasteiger partial charge on any atom is 0.319 e. The molecule has 0 aliphatic rings. The van der Waals surface area contributed by atoms with Gasteiger partial charge < -0.3 is 19.9 Å². The molecule has 1 aromatic heterocycles. The topological polar surface area (TPSA) is 55.3 Å². The van der Waals surface area contributed by atoms with E-state index in [1.54, 1.807) is 7.11 Å². The van der Waals surface area contributed by atoms with Crippen LogP contribution in [0.25, 0.3) is 10.9 Å². The molecule has 0 fully saturated rings. The Morgan fingerprint density at radius 3 is 2.63 bits per heavy atom. The quantitative estimate of drug-likeness (QED) is 0.620. The molecule has 0 spiro atoms. The number of urea groups is 1. The molecule has 0 radical (unpaired) electrons. The number of carbonyl (C=O) groups is 1. The summed E-state index contributed by atoms with van der Waals surface area (Å²) in [5, 5.41) is 7.06. The predicted octanol–water partition coefficient (Wildman–Crippen LogP) is 4.43. The Balaban J connectivity index is 1.60. The van der Waals surface area contributed by atoms with Gasteiger partial charge in [-0.05, 0) is 31.4 Å². The zero-order chi connectivity index (χ0) is 19.1. The van der Waals surface area contributed by atoms with Gasteiger partial charge >= 0.3 is 6.03 Å². The summed E-state index contributed by atoms with van der Waals surface area (Å²) in [6.45, 7) is 3.40. The van der Waals surface area contributed by atoms with Crippen LogP contribution >= 0.6 is 0 Å². The standard InChI is InChI=1S/C22H27N3O2/c1-17(12-13-18-8-4-3-5-9-18)23-22(26)24-20-16-25(14-15-27-2)21-11-7-6-10-19(20)21/h3-11,16-17H,12-15H2,1-2H3,(H2,23,24,26)/t17-/m0/s1. The normalized spacial score (nSPS) is 12.1. The first-order valence-corrected chi connectivity index (χ1v) is 9.35. The van der Waals surface area contributed by atoms with Crippen molar-refractivity contribution < 1.29 is 9.53 Å². The molecular formula is C22H27N3O2. The Bertz CT molecular complexity index is 874. The summed E-state index contributed by atoms with van der Waals surface area (Å²) in [7, 11) is 1.69. The van der Waals surface area contributed by atoms with Crippen molar-refractivity contribution in [2.75, 3.05) is 19.0 Å². The fourth-order valence-corrected chi connectivity index (χ4v) is 3.20. The fourth-order valence-electron chi connectivity index (χ4n) is 3.20. The van der Waals surface area contributed by atoms with Crippen LogP contribution in [-0.4, -0.2) is 30.4 Å². The molecule has 3 aromatic rings. The second kappa shape index (κ2) is 9.24. The predicted molar refractivity (Wildman–Crippen MR) is 110 cm³/mol. The van der Waals surface area contributed by atoms with Gasteiger partial charge in [-0.1, -0.05) is 48.5 Å². The van der Waals surface area contributed by atoms with Crippen LogP contribution in [0.4, 0.5) is 10.5 Å². The number of carbonyl (C=O) groups excluding carboxylic acids is 1. The van der Waals surface area contributed by atoms with Gasteiger partial charge in [-0.2, -0.15) is 0 Å². The highest BCUT2D eigenvalue weighted by Crippen LogP contribution is 2.25. The highest BCUT2D eigenvalue weighted by atomic mass is 16.5. The van der Waals surface area contributed by atoms with Crippen LogP contribution < -0.4 is 10.6 Å². The van der Waals surface area contributed by atoms with Gasteiger partial charge in [0.1, 0.15) is 0 Å². The van der Waals surface area contributed by atoms with E-state index in [1.165, 1.54) is 5.56 Å². The van der Waals surface area contributed by atoms with E-state index in [1.807, 2.05) is 49.5 Å². The van der Waals surface area contributed by atoms with Gasteiger partial charge in [-0.15, -0.1) is 0 Å². The van der Waals surface area contributed by atoms with Crippen LogP contribution in [0.15, 0.2) is 60.8 Å². The van der Waals surface area contributed by atoms with Crippen molar-refractivity contribution in [3.63, 3.8) is 0 Å². The Kier molecular flexibility index (Phi) is 6.49. The minimum Gasteiger partial charge on any atom is -0.383 e. The van der Waals surface area contributed by atoms with Crippen LogP contribution in [0.2, 0.25) is 0 Å². The SMILES string of the molecule is COCCn1cc(NC(=O)N[C@@H](C)CCc2ccccc2)c2ccccc21. The molecule has 2 N–H and O–H groups in total. The number of amides is 2. The maximum atomic E-state index is 12.4. The Labute approximate surface area is 160 Å². The largest absolute Gasteiger partial charge is 0.383 e. The number of nitrogens with zero attached hydrogens (tertiary/aromatic N) is 1. The molecule has 142 valence electrons. The molecule has 0 aliphatic heterocycles. The number of nitrogens with one attached hydrogen (secondary N) is 2. The van der Waals surface area contributed by atoms with Gasteiger partial charge in [0.25, 0.3) is 0 Å². The van der Waals surface area contributed by atoms with Crippen molar-refractivity contribution in [3.05, 3.63) is 66.4 Å². The molecule has 0 unspecified atom stereocenters. The van der Waals surface area contributed by atoms with E-state index in [0.29, 0.717) is 6.61 Å². The maximum absolute atomic E-state index is 12.4. The molecule has 5 heteroatoms. The lowest BCUT2D eigenvalue weighted by molar-refractivity contribution is 0.188. The van der Waals surface area contributed by atoms with E-state index >= 15 is 0 Å². The summed E-state index contributed by atoms with van der Waals surface area (Å²) in [4.78, 5) is 12.4. The van der Waals surface area contributed by atoms with Crippen molar-refractivity contribution in [3.8, 4) is 0 Å². The number of para-hydroxylation sites is 1. The summed E-state index contributed by atoms with van der Waals surface area (Å²) in [5.41, 5.74) is 3.18. The number of hydrogen-bond donors (Lipinski definition) is 2. The van der Waals surface area contributed by atoms with Crippen LogP contribution in [0, 0.1) is 0 Å². The highest BCUT2D eigenvalue weighted by Gasteiger charge is 2.12. The number of aryl methyl sites for hydroxylation is 1. The summed E-state index contributed by atoms with van der Waals surface area (Å²) in [5.74, 6) is 0. The smallest absolute Gasteiger partial charge is 0.319 e. The van der Waals surface area contributed by atoms with Gasteiger partial charge in [0.15, 0.2) is 0 Å². The molecule has 3 rings (SSSR count). The third kappa shape index (κ3) is 5.11. The molecule has 0 saturated carbocycles. The first-order valence-electron chi connectivity index (χ1n) is 9.35. The van der Waals surface area contributed by atoms with E-state index < -0.39 is 0 Å². The first-order chi connectivity index (χ1) is 13.2. The van der Waals surface area contributed by atoms with Gasteiger partial charge in [-0.3, -0.25) is 0 Å². The van der Waals surface area contributed by atoms with Crippen molar-refractivity contribution >= 4 is 22.6 Å². The van der Waals surface area contributed by atoms with Crippen LogP contribution in [-0.2, 0) is 17.7 Å². The zero-order valence-corrected chi connectivity index (χ0v) is 15.9. The second-order valence-corrected chi connectivity index (χ2v) is 6.77. The van der Waals surface area contributed by atoms with E-state index in [0.717, 1.165) is 36.0 Å². The average Bonchev–Trinajstić information content (AvgIpc) is 3.03. The summed E-state index contributed by atoms with van der Waals surface area (Å²) >= 11 is 0. The van der Waals surface area contributed by atoms with Crippen LogP contribution in [0.5, 0.6) is 0 Å². The molecule has 1 atom stereocenters. The third-order valence-corrected chi connectivity index (χ3v) is 4.66. The lowest BCUT2D eigenvalue weighted by Gasteiger charge is -2.14. The summed E-state index contributed by atoms with van der Waals surface area (Å²) in [6, 6.07) is 18.3. The fraction of sp³-hybridized carbons (Fsp3) is 0.318. The number of aromatic nitrogens is 1. The number of ether oxygens (including phenoxy) is 1. The van der Waals surface area contributed by atoms with Crippen molar-refractivity contribution in [2.45, 2.75) is 32.4 Å². The highest BCUT2D eigenvalue weighted by molar-refractivity contribution is 6.01. The van der Waals surface area contributed by atoms with E-state index in [4.69, 9.17) is 4.74 Å². The number of rotatable bonds is 8. The summed E-state index contributed by atoms with van der Waals surface area (Å²) < 4.78 is 7.28. The monoisotopic (exact) mass is 365 g/mol. The zero-order valence-electron chi connectivity index (χ0n) is 15.9. The molecule has 2 aromatic carbocycles. The molecule has 0 bridgehead atoms. The van der Waals surface area contributed by atoms with Crippen molar-refractivity contribution in [1.82, 2.24) is 9.88 Å². The molecular weight excluding hydrogens is 338 g/mol. The van der Waals surface area contributed by atoms with Gasteiger partial charge in [0, 0.05) is 31.3 Å². The number of benzene rings is 2. The van der Waals surface area contributed by atoms with Crippen LogP contribution in [0.3, 0.4) is 0 Å². The number of methoxy groups -OCH3 is 1. The molecule has 2 amide bonds. The molecule has 0 saturated heterocycles. The van der Waals surface area contributed by atoms with E-state index in [9.17, 15) is 4.79 Å². The lowest BCUT2D eigenvalue weighted by atomic mass is 10.1.